The van der Waals surface area contributed by atoms with Gasteiger partial charge in [0.2, 0.25) is 0 Å². The highest BCUT2D eigenvalue weighted by atomic mass is 19.2. The first kappa shape index (κ1) is 18.4. The number of hydrogen-bond acceptors (Lipinski definition) is 4. The average Bonchev–Trinajstić information content (AvgIpc) is 2.74. The van der Waals surface area contributed by atoms with Crippen molar-refractivity contribution in [3.05, 3.63) is 88.7 Å². The van der Waals surface area contributed by atoms with Gasteiger partial charge in [-0.1, -0.05) is 18.2 Å². The highest BCUT2D eigenvalue weighted by molar-refractivity contribution is 5.52. The molecule has 28 heavy (non-hydrogen) atoms. The van der Waals surface area contributed by atoms with Gasteiger partial charge in [-0.15, -0.1) is 0 Å². The Hall–Kier alpha value is -2.99. The van der Waals surface area contributed by atoms with Gasteiger partial charge in [-0.25, -0.2) is 8.78 Å². The minimum atomic E-state index is -0.874. The molecule has 3 aromatic rings. The van der Waals surface area contributed by atoms with Crippen LogP contribution in [-0.2, 0) is 6.42 Å². The van der Waals surface area contributed by atoms with Gasteiger partial charge in [0.25, 0.3) is 0 Å². The van der Waals surface area contributed by atoms with Gasteiger partial charge in [0, 0.05) is 11.8 Å². The van der Waals surface area contributed by atoms with E-state index in [9.17, 15) is 8.78 Å². The molecule has 0 amide bonds. The summed E-state index contributed by atoms with van der Waals surface area (Å²) in [5.74, 6) is -0.591. The molecule has 6 heteroatoms. The summed E-state index contributed by atoms with van der Waals surface area (Å²) in [6, 6.07) is 12.9. The van der Waals surface area contributed by atoms with E-state index < -0.39 is 17.7 Å². The molecule has 1 aromatic heterocycles. The Morgan fingerprint density at radius 3 is 2.46 bits per heavy atom. The van der Waals surface area contributed by atoms with E-state index in [-0.39, 0.29) is 11.6 Å². The third-order valence-electron chi connectivity index (χ3n) is 5.09. The maximum atomic E-state index is 14.7. The van der Waals surface area contributed by atoms with Crippen LogP contribution in [0.15, 0.2) is 54.7 Å². The van der Waals surface area contributed by atoms with Crippen molar-refractivity contribution in [1.82, 2.24) is 10.3 Å². The zero-order valence-corrected chi connectivity index (χ0v) is 15.6. The number of ether oxygens (including phenoxy) is 2. The Morgan fingerprint density at radius 2 is 1.75 bits per heavy atom. The van der Waals surface area contributed by atoms with Gasteiger partial charge in [-0.05, 0) is 47.9 Å². The predicted octanol–water partition coefficient (Wildman–Crippen LogP) is 4.35. The second kappa shape index (κ2) is 7.56. The van der Waals surface area contributed by atoms with Crippen molar-refractivity contribution in [3.8, 4) is 11.5 Å². The number of halogens is 2. The van der Waals surface area contributed by atoms with Crippen molar-refractivity contribution in [2.45, 2.75) is 18.5 Å². The summed E-state index contributed by atoms with van der Waals surface area (Å²) in [5, 5.41) is 3.43. The van der Waals surface area contributed by atoms with E-state index in [1.807, 2.05) is 30.3 Å². The SMILES string of the molecule is COc1cc2c(cc1OC)[C@H](c1cccc(F)c1F)N[C@H](c1ccccn1)C2. The van der Waals surface area contributed by atoms with Gasteiger partial charge < -0.3 is 9.47 Å². The van der Waals surface area contributed by atoms with Gasteiger partial charge in [0.15, 0.2) is 23.1 Å². The summed E-state index contributed by atoms with van der Waals surface area (Å²) in [6.07, 6.45) is 2.36. The number of benzene rings is 2. The molecule has 4 nitrogen and oxygen atoms in total. The quantitative estimate of drug-likeness (QED) is 0.728. The number of nitrogens with one attached hydrogen (secondary N) is 1. The van der Waals surface area contributed by atoms with Crippen LogP contribution in [0.25, 0.3) is 0 Å². The Morgan fingerprint density at radius 1 is 0.964 bits per heavy atom. The molecule has 1 aliphatic heterocycles. The molecule has 1 aliphatic rings. The van der Waals surface area contributed by atoms with Crippen LogP contribution in [0, 0.1) is 11.6 Å². The van der Waals surface area contributed by atoms with E-state index in [2.05, 4.69) is 10.3 Å². The lowest BCUT2D eigenvalue weighted by molar-refractivity contribution is 0.350. The van der Waals surface area contributed by atoms with Crippen molar-refractivity contribution >= 4 is 0 Å². The molecular formula is C22H20F2N2O2. The second-order valence-corrected chi connectivity index (χ2v) is 6.66. The highest BCUT2D eigenvalue weighted by Crippen LogP contribution is 2.41. The second-order valence-electron chi connectivity index (χ2n) is 6.66. The summed E-state index contributed by atoms with van der Waals surface area (Å²) in [5.41, 5.74) is 2.88. The first-order chi connectivity index (χ1) is 13.6. The van der Waals surface area contributed by atoms with Crippen LogP contribution >= 0.6 is 0 Å². The fourth-order valence-electron chi connectivity index (χ4n) is 3.72. The molecular weight excluding hydrogens is 362 g/mol. The summed E-state index contributed by atoms with van der Waals surface area (Å²) < 4.78 is 39.4. The normalized spacial score (nSPS) is 18.4. The summed E-state index contributed by atoms with van der Waals surface area (Å²) in [4.78, 5) is 4.43. The van der Waals surface area contributed by atoms with Gasteiger partial charge in [-0.2, -0.15) is 0 Å². The maximum Gasteiger partial charge on any atom is 0.163 e. The molecule has 4 rings (SSSR count). The van der Waals surface area contributed by atoms with Gasteiger partial charge >= 0.3 is 0 Å². The van der Waals surface area contributed by atoms with E-state index in [0.717, 1.165) is 22.9 Å². The van der Waals surface area contributed by atoms with E-state index in [4.69, 9.17) is 9.47 Å². The molecule has 2 atom stereocenters. The van der Waals surface area contributed by atoms with Crippen LogP contribution < -0.4 is 14.8 Å². The first-order valence-electron chi connectivity index (χ1n) is 8.98. The van der Waals surface area contributed by atoms with Crippen LogP contribution in [0.2, 0.25) is 0 Å². The minimum Gasteiger partial charge on any atom is -0.493 e. The topological polar surface area (TPSA) is 43.4 Å². The van der Waals surface area contributed by atoms with E-state index in [0.29, 0.717) is 17.9 Å². The Balaban J connectivity index is 1.87. The zero-order valence-electron chi connectivity index (χ0n) is 15.6. The lowest BCUT2D eigenvalue weighted by Gasteiger charge is -2.34. The smallest absolute Gasteiger partial charge is 0.163 e. The maximum absolute atomic E-state index is 14.7. The van der Waals surface area contributed by atoms with Gasteiger partial charge in [0.05, 0.1) is 32.0 Å². The predicted molar refractivity (Wildman–Crippen MR) is 102 cm³/mol. The fraction of sp³-hybridized carbons (Fsp3) is 0.227. The lowest BCUT2D eigenvalue weighted by atomic mass is 9.85. The van der Waals surface area contributed by atoms with Crippen LogP contribution in [0.3, 0.4) is 0 Å². The fourth-order valence-corrected chi connectivity index (χ4v) is 3.72. The van der Waals surface area contributed by atoms with Crippen LogP contribution in [-0.4, -0.2) is 19.2 Å². The van der Waals surface area contributed by atoms with Crippen LogP contribution in [0.5, 0.6) is 11.5 Å². The number of nitrogens with zero attached hydrogens (tertiary/aromatic N) is 1. The number of aromatic nitrogens is 1. The monoisotopic (exact) mass is 382 g/mol. The van der Waals surface area contributed by atoms with E-state index in [1.54, 1.807) is 26.5 Å². The molecule has 1 N–H and O–H groups in total. The van der Waals surface area contributed by atoms with E-state index in [1.165, 1.54) is 6.07 Å². The minimum absolute atomic E-state index is 0.153. The third kappa shape index (κ3) is 3.20. The largest absolute Gasteiger partial charge is 0.493 e. The van der Waals surface area contributed by atoms with Crippen LogP contribution in [0.1, 0.15) is 34.5 Å². The molecule has 2 heterocycles. The molecule has 0 saturated carbocycles. The van der Waals surface area contributed by atoms with Crippen LogP contribution in [0.4, 0.5) is 8.78 Å². The van der Waals surface area contributed by atoms with Crippen molar-refractivity contribution in [2.75, 3.05) is 14.2 Å². The van der Waals surface area contributed by atoms with Gasteiger partial charge in [-0.3, -0.25) is 10.3 Å². The zero-order chi connectivity index (χ0) is 19.7. The standard InChI is InChI=1S/C22H20F2N2O2/c1-27-19-11-13-10-18(17-8-3-4-9-25-17)26-22(15(13)12-20(19)28-2)14-6-5-7-16(23)21(14)24/h3-9,11-12,18,22,26H,10H2,1-2H3/t18-,22-/m0/s1. The third-order valence-corrected chi connectivity index (χ3v) is 5.09. The summed E-state index contributed by atoms with van der Waals surface area (Å²) >= 11 is 0. The molecule has 0 fully saturated rings. The molecule has 0 saturated heterocycles. The number of hydrogen-bond donors (Lipinski definition) is 1. The number of pyridine rings is 1. The molecule has 0 aliphatic carbocycles. The molecule has 144 valence electrons. The van der Waals surface area contributed by atoms with Crippen molar-refractivity contribution in [1.29, 1.82) is 0 Å². The lowest BCUT2D eigenvalue weighted by Crippen LogP contribution is -2.35. The molecule has 0 unspecified atom stereocenters. The summed E-state index contributed by atoms with van der Waals surface area (Å²) in [6.45, 7) is 0. The average molecular weight is 382 g/mol. The van der Waals surface area contributed by atoms with Crippen molar-refractivity contribution in [3.63, 3.8) is 0 Å². The Labute approximate surface area is 162 Å². The first-order valence-corrected chi connectivity index (χ1v) is 8.98. The number of fused-ring (bicyclic) bond motifs is 1. The highest BCUT2D eigenvalue weighted by Gasteiger charge is 2.32. The Bertz CT molecular complexity index is 995. The van der Waals surface area contributed by atoms with Gasteiger partial charge in [0.1, 0.15) is 0 Å². The molecule has 0 radical (unpaired) electrons. The number of rotatable bonds is 4. The van der Waals surface area contributed by atoms with Crippen molar-refractivity contribution in [2.24, 2.45) is 0 Å². The summed E-state index contributed by atoms with van der Waals surface area (Å²) in [7, 11) is 3.13. The number of methoxy groups -OCH3 is 2. The molecule has 0 bridgehead atoms. The van der Waals surface area contributed by atoms with Crippen molar-refractivity contribution < 1.29 is 18.3 Å². The molecule has 0 spiro atoms. The Kier molecular flexibility index (Phi) is 4.96. The van der Waals surface area contributed by atoms with E-state index >= 15 is 0 Å². The molecule has 2 aromatic carbocycles.